The lowest BCUT2D eigenvalue weighted by molar-refractivity contribution is 0.112. The molecular formula is C19H18N2OS. The van der Waals surface area contributed by atoms with Crippen molar-refractivity contribution in [3.8, 4) is 5.69 Å². The molecule has 0 unspecified atom stereocenters. The van der Waals surface area contributed by atoms with E-state index in [-0.39, 0.29) is 0 Å². The summed E-state index contributed by atoms with van der Waals surface area (Å²) in [4.78, 5) is 12.6. The second-order valence-electron chi connectivity index (χ2n) is 5.58. The Kier molecular flexibility index (Phi) is 4.35. The SMILES string of the molecule is Cc1ccc(Sc2c(C=O)c(C)nn2-c2ccc(C)cc2)cc1. The lowest BCUT2D eigenvalue weighted by atomic mass is 10.2. The van der Waals surface area contributed by atoms with Gasteiger partial charge in [0.05, 0.1) is 16.9 Å². The molecule has 0 radical (unpaired) electrons. The zero-order valence-corrected chi connectivity index (χ0v) is 14.2. The number of aryl methyl sites for hydroxylation is 3. The topological polar surface area (TPSA) is 34.9 Å². The van der Waals surface area contributed by atoms with Gasteiger partial charge in [-0.05, 0) is 45.0 Å². The summed E-state index contributed by atoms with van der Waals surface area (Å²) in [5, 5.41) is 5.41. The number of hydrogen-bond acceptors (Lipinski definition) is 3. The van der Waals surface area contributed by atoms with Crippen LogP contribution in [-0.2, 0) is 0 Å². The first-order chi connectivity index (χ1) is 11.1. The maximum absolute atomic E-state index is 11.5. The largest absolute Gasteiger partial charge is 0.298 e. The molecule has 2 aromatic carbocycles. The minimum atomic E-state index is 0.649. The van der Waals surface area contributed by atoms with Gasteiger partial charge in [0.1, 0.15) is 5.03 Å². The Hall–Kier alpha value is -2.33. The molecule has 4 heteroatoms. The molecule has 3 rings (SSSR count). The number of nitrogens with zero attached hydrogens (tertiary/aromatic N) is 2. The molecular weight excluding hydrogens is 304 g/mol. The number of benzene rings is 2. The van der Waals surface area contributed by atoms with Crippen LogP contribution in [0.1, 0.15) is 27.2 Å². The first-order valence-corrected chi connectivity index (χ1v) is 8.26. The molecule has 0 aliphatic heterocycles. The third kappa shape index (κ3) is 3.22. The van der Waals surface area contributed by atoms with Crippen molar-refractivity contribution in [3.05, 3.63) is 70.9 Å². The molecule has 0 N–H and O–H groups in total. The number of carbonyl (C=O) groups excluding carboxylic acids is 1. The van der Waals surface area contributed by atoms with E-state index in [0.29, 0.717) is 5.56 Å². The van der Waals surface area contributed by atoms with Crippen molar-refractivity contribution in [1.29, 1.82) is 0 Å². The van der Waals surface area contributed by atoms with Gasteiger partial charge in [-0.3, -0.25) is 4.79 Å². The van der Waals surface area contributed by atoms with E-state index < -0.39 is 0 Å². The number of aldehydes is 1. The molecule has 0 saturated carbocycles. The zero-order chi connectivity index (χ0) is 16.4. The highest BCUT2D eigenvalue weighted by Crippen LogP contribution is 2.33. The summed E-state index contributed by atoms with van der Waals surface area (Å²) in [5.74, 6) is 0. The minimum absolute atomic E-state index is 0.649. The lowest BCUT2D eigenvalue weighted by Gasteiger charge is -2.08. The summed E-state index contributed by atoms with van der Waals surface area (Å²) in [5.41, 5.74) is 4.77. The Balaban J connectivity index is 2.08. The number of carbonyl (C=O) groups is 1. The Morgan fingerprint density at radius 3 is 2.04 bits per heavy atom. The average molecular weight is 322 g/mol. The van der Waals surface area contributed by atoms with Crippen molar-refractivity contribution in [2.75, 3.05) is 0 Å². The minimum Gasteiger partial charge on any atom is -0.298 e. The van der Waals surface area contributed by atoms with Gasteiger partial charge in [0.25, 0.3) is 0 Å². The van der Waals surface area contributed by atoms with E-state index in [9.17, 15) is 4.79 Å². The molecule has 1 heterocycles. The van der Waals surface area contributed by atoms with Gasteiger partial charge in [-0.1, -0.05) is 47.2 Å². The highest BCUT2D eigenvalue weighted by molar-refractivity contribution is 7.99. The van der Waals surface area contributed by atoms with Crippen molar-refractivity contribution in [2.45, 2.75) is 30.7 Å². The number of aromatic nitrogens is 2. The van der Waals surface area contributed by atoms with Crippen LogP contribution in [0.5, 0.6) is 0 Å². The third-order valence-corrected chi connectivity index (χ3v) is 4.79. The van der Waals surface area contributed by atoms with Gasteiger partial charge < -0.3 is 0 Å². The molecule has 116 valence electrons. The summed E-state index contributed by atoms with van der Waals surface area (Å²) in [6.07, 6.45) is 0.892. The average Bonchev–Trinajstić information content (AvgIpc) is 2.86. The molecule has 0 aliphatic rings. The van der Waals surface area contributed by atoms with E-state index in [1.54, 1.807) is 11.8 Å². The molecule has 0 aliphatic carbocycles. The van der Waals surface area contributed by atoms with Crippen LogP contribution in [0.2, 0.25) is 0 Å². The quantitative estimate of drug-likeness (QED) is 0.650. The maximum atomic E-state index is 11.5. The number of rotatable bonds is 4. The molecule has 0 saturated heterocycles. The van der Waals surface area contributed by atoms with Crippen molar-refractivity contribution in [3.63, 3.8) is 0 Å². The van der Waals surface area contributed by atoms with Crippen molar-refractivity contribution in [1.82, 2.24) is 9.78 Å². The van der Waals surface area contributed by atoms with E-state index in [1.165, 1.54) is 11.1 Å². The molecule has 0 atom stereocenters. The van der Waals surface area contributed by atoms with E-state index in [2.05, 4.69) is 43.2 Å². The van der Waals surface area contributed by atoms with Crippen LogP contribution in [0.25, 0.3) is 5.69 Å². The van der Waals surface area contributed by atoms with Crippen LogP contribution < -0.4 is 0 Å². The summed E-state index contributed by atoms with van der Waals surface area (Å²) in [6.45, 7) is 5.98. The second kappa shape index (κ2) is 6.42. The maximum Gasteiger partial charge on any atom is 0.154 e. The van der Waals surface area contributed by atoms with Crippen molar-refractivity contribution >= 4 is 18.0 Å². The molecule has 0 amide bonds. The highest BCUT2D eigenvalue weighted by Gasteiger charge is 2.17. The van der Waals surface area contributed by atoms with Gasteiger partial charge in [-0.25, -0.2) is 4.68 Å². The van der Waals surface area contributed by atoms with Gasteiger partial charge in [-0.15, -0.1) is 0 Å². The summed E-state index contributed by atoms with van der Waals surface area (Å²) in [7, 11) is 0. The first-order valence-electron chi connectivity index (χ1n) is 7.45. The van der Waals surface area contributed by atoms with E-state index in [4.69, 9.17) is 0 Å². The molecule has 3 nitrogen and oxygen atoms in total. The van der Waals surface area contributed by atoms with Gasteiger partial charge in [0.15, 0.2) is 6.29 Å². The summed E-state index contributed by atoms with van der Waals surface area (Å²) >= 11 is 1.56. The van der Waals surface area contributed by atoms with Crippen LogP contribution >= 0.6 is 11.8 Å². The Morgan fingerprint density at radius 2 is 1.48 bits per heavy atom. The van der Waals surface area contributed by atoms with Crippen molar-refractivity contribution < 1.29 is 4.79 Å². The molecule has 1 aromatic heterocycles. The summed E-state index contributed by atoms with van der Waals surface area (Å²) < 4.78 is 1.85. The third-order valence-electron chi connectivity index (χ3n) is 3.69. The predicted molar refractivity (Wildman–Crippen MR) is 93.7 cm³/mol. The molecule has 0 spiro atoms. The van der Waals surface area contributed by atoms with E-state index in [0.717, 1.165) is 27.6 Å². The molecule has 0 fully saturated rings. The first kappa shape index (κ1) is 15.6. The van der Waals surface area contributed by atoms with Gasteiger partial charge in [0, 0.05) is 4.90 Å². The van der Waals surface area contributed by atoms with Crippen LogP contribution in [-0.4, -0.2) is 16.1 Å². The van der Waals surface area contributed by atoms with Crippen LogP contribution in [0.4, 0.5) is 0 Å². The number of hydrogen-bond donors (Lipinski definition) is 0. The van der Waals surface area contributed by atoms with Crippen LogP contribution in [0.15, 0.2) is 58.5 Å². The predicted octanol–water partition coefficient (Wildman–Crippen LogP) is 4.76. The smallest absolute Gasteiger partial charge is 0.154 e. The fourth-order valence-electron chi connectivity index (χ4n) is 2.33. The Morgan fingerprint density at radius 1 is 0.913 bits per heavy atom. The monoisotopic (exact) mass is 322 g/mol. The molecule has 23 heavy (non-hydrogen) atoms. The normalized spacial score (nSPS) is 10.7. The van der Waals surface area contributed by atoms with Gasteiger partial charge in [0.2, 0.25) is 0 Å². The lowest BCUT2D eigenvalue weighted by Crippen LogP contribution is -1.99. The van der Waals surface area contributed by atoms with Crippen molar-refractivity contribution in [2.24, 2.45) is 0 Å². The Bertz CT molecular complexity index is 833. The van der Waals surface area contributed by atoms with Crippen LogP contribution in [0, 0.1) is 20.8 Å². The van der Waals surface area contributed by atoms with Gasteiger partial charge in [-0.2, -0.15) is 5.10 Å². The van der Waals surface area contributed by atoms with Gasteiger partial charge >= 0.3 is 0 Å². The standard InChI is InChI=1S/C19H18N2OS/c1-13-4-8-16(9-5-13)21-19(18(12-22)15(3)20-21)23-17-10-6-14(2)7-11-17/h4-12H,1-3H3. The van der Waals surface area contributed by atoms with E-state index in [1.807, 2.05) is 35.9 Å². The molecule has 3 aromatic rings. The fourth-order valence-corrected chi connectivity index (χ4v) is 3.36. The highest BCUT2D eigenvalue weighted by atomic mass is 32.2. The zero-order valence-electron chi connectivity index (χ0n) is 13.4. The second-order valence-corrected chi connectivity index (χ2v) is 6.65. The molecule has 0 bridgehead atoms. The Labute approximate surface area is 140 Å². The summed E-state index contributed by atoms with van der Waals surface area (Å²) in [6, 6.07) is 16.4. The van der Waals surface area contributed by atoms with Crippen LogP contribution in [0.3, 0.4) is 0 Å². The fraction of sp³-hybridized carbons (Fsp3) is 0.158. The van der Waals surface area contributed by atoms with E-state index >= 15 is 0 Å².